The Morgan fingerprint density at radius 2 is 1.41 bits per heavy atom. The Morgan fingerprint density at radius 3 is 2.00 bits per heavy atom. The zero-order valence-electron chi connectivity index (χ0n) is 18.4. The van der Waals surface area contributed by atoms with Gasteiger partial charge in [-0.2, -0.15) is 0 Å². The lowest BCUT2D eigenvalue weighted by Gasteiger charge is -2.31. The van der Waals surface area contributed by atoms with E-state index in [0.29, 0.717) is 24.5 Å². The third kappa shape index (κ3) is 6.11. The zero-order valence-corrected chi connectivity index (χ0v) is 18.4. The molecule has 3 rings (SSSR count). The number of carbonyl (C=O) groups is 2. The lowest BCUT2D eigenvalue weighted by Crippen LogP contribution is -2.51. The molecule has 0 spiro atoms. The van der Waals surface area contributed by atoms with E-state index in [9.17, 15) is 9.59 Å². The molecule has 0 aliphatic heterocycles. The van der Waals surface area contributed by atoms with Crippen molar-refractivity contribution >= 4 is 11.8 Å². The minimum Gasteiger partial charge on any atom is -0.493 e. The van der Waals surface area contributed by atoms with E-state index in [1.54, 1.807) is 31.2 Å². The fourth-order valence-electron chi connectivity index (χ4n) is 3.46. The fourth-order valence-corrected chi connectivity index (χ4v) is 3.46. The van der Waals surface area contributed by atoms with Crippen LogP contribution in [0.5, 0.6) is 11.5 Å². The lowest BCUT2D eigenvalue weighted by molar-refractivity contribution is -0.142. The van der Waals surface area contributed by atoms with Crippen molar-refractivity contribution < 1.29 is 19.1 Å². The van der Waals surface area contributed by atoms with Crippen LogP contribution in [0.15, 0.2) is 84.9 Å². The molecule has 1 N–H and O–H groups in total. The number of para-hydroxylation sites is 2. The minimum atomic E-state index is -0.684. The summed E-state index contributed by atoms with van der Waals surface area (Å²) in [6.07, 6.45) is 0.397. The van der Waals surface area contributed by atoms with Crippen molar-refractivity contribution in [1.29, 1.82) is 0 Å². The summed E-state index contributed by atoms with van der Waals surface area (Å²) < 4.78 is 11.1. The van der Waals surface area contributed by atoms with Crippen molar-refractivity contribution in [1.82, 2.24) is 10.2 Å². The van der Waals surface area contributed by atoms with Gasteiger partial charge in [0.05, 0.1) is 7.11 Å². The molecule has 32 heavy (non-hydrogen) atoms. The number of carbonyl (C=O) groups excluding carboxylic acids is 2. The molecule has 0 bridgehead atoms. The summed E-state index contributed by atoms with van der Waals surface area (Å²) in [7, 11) is 3.13. The van der Waals surface area contributed by atoms with Crippen molar-refractivity contribution in [3.8, 4) is 11.5 Å². The van der Waals surface area contributed by atoms with E-state index >= 15 is 0 Å². The predicted molar refractivity (Wildman–Crippen MR) is 123 cm³/mol. The molecule has 166 valence electrons. The zero-order chi connectivity index (χ0) is 22.8. The number of nitrogens with zero attached hydrogens (tertiary/aromatic N) is 1. The molecular weight excluding hydrogens is 404 g/mol. The summed E-state index contributed by atoms with van der Waals surface area (Å²) in [4.78, 5) is 27.8. The number of ether oxygens (including phenoxy) is 2. The predicted octanol–water partition coefficient (Wildman–Crippen LogP) is 3.46. The molecule has 0 radical (unpaired) electrons. The lowest BCUT2D eigenvalue weighted by atomic mass is 10.0. The Morgan fingerprint density at radius 1 is 0.844 bits per heavy atom. The number of likely N-dealkylation sites (N-methyl/N-ethyl adjacent to an activating group) is 1. The summed E-state index contributed by atoms with van der Waals surface area (Å²) in [6.45, 7) is 0.0787. The Hall–Kier alpha value is -3.80. The van der Waals surface area contributed by atoms with Crippen LogP contribution in [0.1, 0.15) is 11.1 Å². The molecule has 0 saturated heterocycles. The first-order chi connectivity index (χ1) is 15.6. The van der Waals surface area contributed by atoms with Crippen LogP contribution in [-0.4, -0.2) is 43.5 Å². The second kappa shape index (κ2) is 11.6. The van der Waals surface area contributed by atoms with Crippen LogP contribution < -0.4 is 14.8 Å². The first-order valence-electron chi connectivity index (χ1n) is 10.5. The minimum absolute atomic E-state index is 0.213. The molecule has 0 aliphatic rings. The Labute approximate surface area is 188 Å². The number of amides is 2. The quantitative estimate of drug-likeness (QED) is 0.533. The Balaban J connectivity index is 1.86. The molecule has 3 aromatic rings. The van der Waals surface area contributed by atoms with Crippen molar-refractivity contribution in [2.45, 2.75) is 19.0 Å². The number of methoxy groups -OCH3 is 1. The van der Waals surface area contributed by atoms with Crippen molar-refractivity contribution in [2.24, 2.45) is 0 Å². The van der Waals surface area contributed by atoms with Gasteiger partial charge in [0.25, 0.3) is 5.91 Å². The number of benzene rings is 3. The number of hydrogen-bond acceptors (Lipinski definition) is 4. The largest absolute Gasteiger partial charge is 0.493 e. The van der Waals surface area contributed by atoms with Crippen LogP contribution >= 0.6 is 0 Å². The fraction of sp³-hybridized carbons (Fsp3) is 0.231. The van der Waals surface area contributed by atoms with Gasteiger partial charge in [0.2, 0.25) is 5.91 Å². The van der Waals surface area contributed by atoms with E-state index in [2.05, 4.69) is 5.32 Å². The van der Waals surface area contributed by atoms with Gasteiger partial charge < -0.3 is 19.7 Å². The second-order valence-electron chi connectivity index (χ2n) is 7.27. The Kier molecular flexibility index (Phi) is 8.26. The van der Waals surface area contributed by atoms with Gasteiger partial charge >= 0.3 is 0 Å². The van der Waals surface area contributed by atoms with Crippen LogP contribution in [0.4, 0.5) is 0 Å². The maximum atomic E-state index is 13.4. The van der Waals surface area contributed by atoms with Gasteiger partial charge in [-0.1, -0.05) is 72.8 Å². The second-order valence-corrected chi connectivity index (χ2v) is 7.27. The van der Waals surface area contributed by atoms with E-state index in [-0.39, 0.29) is 18.4 Å². The highest BCUT2D eigenvalue weighted by Gasteiger charge is 2.30. The first kappa shape index (κ1) is 22.9. The van der Waals surface area contributed by atoms with Crippen LogP contribution in [0.2, 0.25) is 0 Å². The van der Waals surface area contributed by atoms with Crippen LogP contribution in [0.25, 0.3) is 0 Å². The SMILES string of the molecule is CNC(=O)C(Cc1ccccc1)N(Cc1ccccc1)C(=O)COc1ccccc1OC. The monoisotopic (exact) mass is 432 g/mol. The van der Waals surface area contributed by atoms with Gasteiger partial charge in [-0.15, -0.1) is 0 Å². The molecule has 6 nitrogen and oxygen atoms in total. The topological polar surface area (TPSA) is 67.9 Å². The summed E-state index contributed by atoms with van der Waals surface area (Å²) in [5.74, 6) is 0.504. The highest BCUT2D eigenvalue weighted by atomic mass is 16.5. The van der Waals surface area contributed by atoms with Gasteiger partial charge in [-0.05, 0) is 23.3 Å². The van der Waals surface area contributed by atoms with E-state index in [0.717, 1.165) is 11.1 Å². The van der Waals surface area contributed by atoms with Crippen LogP contribution in [0, 0.1) is 0 Å². The molecule has 3 aromatic carbocycles. The molecule has 0 aromatic heterocycles. The normalized spacial score (nSPS) is 11.3. The smallest absolute Gasteiger partial charge is 0.261 e. The van der Waals surface area contributed by atoms with Gasteiger partial charge in [0.1, 0.15) is 6.04 Å². The van der Waals surface area contributed by atoms with Crippen LogP contribution in [0.3, 0.4) is 0 Å². The van der Waals surface area contributed by atoms with Gasteiger partial charge in [0.15, 0.2) is 18.1 Å². The summed E-state index contributed by atoms with van der Waals surface area (Å²) >= 11 is 0. The standard InChI is InChI=1S/C26H28N2O4/c1-27-26(30)22(17-20-11-5-3-6-12-20)28(18-21-13-7-4-8-14-21)25(29)19-32-24-16-10-9-15-23(24)31-2/h3-16,22H,17-19H2,1-2H3,(H,27,30). The molecule has 6 heteroatoms. The maximum Gasteiger partial charge on any atom is 0.261 e. The first-order valence-corrected chi connectivity index (χ1v) is 10.5. The van der Waals surface area contributed by atoms with Crippen LogP contribution in [-0.2, 0) is 22.6 Å². The average molecular weight is 433 g/mol. The van der Waals surface area contributed by atoms with Gasteiger partial charge in [0, 0.05) is 20.0 Å². The van der Waals surface area contributed by atoms with Crippen molar-refractivity contribution in [3.05, 3.63) is 96.1 Å². The molecule has 0 fully saturated rings. The molecule has 0 saturated carbocycles. The third-order valence-corrected chi connectivity index (χ3v) is 5.13. The molecule has 2 amide bonds. The third-order valence-electron chi connectivity index (χ3n) is 5.13. The summed E-state index contributed by atoms with van der Waals surface area (Å²) in [5.41, 5.74) is 1.90. The molecular formula is C26H28N2O4. The van der Waals surface area contributed by atoms with Gasteiger partial charge in [-0.3, -0.25) is 9.59 Å². The summed E-state index contributed by atoms with van der Waals surface area (Å²) in [5, 5.41) is 2.70. The highest BCUT2D eigenvalue weighted by molar-refractivity contribution is 5.88. The van der Waals surface area contributed by atoms with Crippen molar-refractivity contribution in [3.63, 3.8) is 0 Å². The average Bonchev–Trinajstić information content (AvgIpc) is 2.85. The maximum absolute atomic E-state index is 13.4. The molecule has 1 unspecified atom stereocenters. The van der Waals surface area contributed by atoms with E-state index in [1.165, 1.54) is 0 Å². The Bertz CT molecular complexity index is 1010. The van der Waals surface area contributed by atoms with E-state index in [4.69, 9.17) is 9.47 Å². The summed E-state index contributed by atoms with van der Waals surface area (Å²) in [6, 6.07) is 25.7. The van der Waals surface area contributed by atoms with Gasteiger partial charge in [-0.25, -0.2) is 0 Å². The molecule has 0 aliphatic carbocycles. The van der Waals surface area contributed by atoms with E-state index < -0.39 is 6.04 Å². The number of rotatable bonds is 10. The molecule has 0 heterocycles. The highest BCUT2D eigenvalue weighted by Crippen LogP contribution is 2.26. The number of hydrogen-bond donors (Lipinski definition) is 1. The van der Waals surface area contributed by atoms with Crippen molar-refractivity contribution in [2.75, 3.05) is 20.8 Å². The molecule has 1 atom stereocenters. The number of nitrogens with one attached hydrogen (secondary N) is 1. The van der Waals surface area contributed by atoms with E-state index in [1.807, 2.05) is 72.8 Å².